The molecule has 2 heterocycles. The van der Waals surface area contributed by atoms with Crippen LogP contribution in [-0.4, -0.2) is 62.8 Å². The first kappa shape index (κ1) is 24.8. The topological polar surface area (TPSA) is 52.1 Å². The highest BCUT2D eigenvalue weighted by atomic mass is 127. The van der Waals surface area contributed by atoms with E-state index in [1.165, 1.54) is 16.8 Å². The maximum absolute atomic E-state index is 5.49. The molecule has 2 saturated heterocycles. The van der Waals surface area contributed by atoms with Gasteiger partial charge < -0.3 is 20.3 Å². The Labute approximate surface area is 209 Å². The molecule has 7 heteroatoms. The van der Waals surface area contributed by atoms with Crippen LogP contribution in [0.25, 0.3) is 0 Å². The minimum atomic E-state index is 0. The highest BCUT2D eigenvalue weighted by Gasteiger charge is 2.23. The molecule has 0 saturated carbocycles. The fourth-order valence-electron chi connectivity index (χ4n) is 4.30. The maximum atomic E-state index is 5.49. The summed E-state index contributed by atoms with van der Waals surface area (Å²) in [6, 6.07) is 19.7. The van der Waals surface area contributed by atoms with E-state index in [2.05, 4.69) is 82.0 Å². The highest BCUT2D eigenvalue weighted by molar-refractivity contribution is 14.0. The predicted molar refractivity (Wildman–Crippen MR) is 143 cm³/mol. The Bertz CT molecular complexity index is 841. The number of nitrogens with one attached hydrogen (secondary N) is 2. The Hall–Kier alpha value is -1.84. The Balaban J connectivity index is 0.00000289. The lowest BCUT2D eigenvalue weighted by atomic mass is 10.1. The molecule has 0 aliphatic carbocycles. The lowest BCUT2D eigenvalue weighted by Gasteiger charge is -2.27. The zero-order valence-electron chi connectivity index (χ0n) is 19.0. The summed E-state index contributed by atoms with van der Waals surface area (Å²) in [5.74, 6) is 0.906. The Morgan fingerprint density at radius 1 is 1.00 bits per heavy atom. The van der Waals surface area contributed by atoms with E-state index >= 15 is 0 Å². The summed E-state index contributed by atoms with van der Waals surface area (Å²) < 4.78 is 5.49. The fourth-order valence-corrected chi connectivity index (χ4v) is 4.30. The fraction of sp³-hybridized carbons (Fsp3) is 0.480. The van der Waals surface area contributed by atoms with Gasteiger partial charge >= 0.3 is 0 Å². The maximum Gasteiger partial charge on any atom is 0.191 e. The lowest BCUT2D eigenvalue weighted by molar-refractivity contribution is 0.0341. The summed E-state index contributed by atoms with van der Waals surface area (Å²) in [5, 5.41) is 7.09. The molecule has 4 rings (SSSR count). The summed E-state index contributed by atoms with van der Waals surface area (Å²) in [6.45, 7) is 10.4. The number of ether oxygens (including phenoxy) is 1. The van der Waals surface area contributed by atoms with Crippen LogP contribution in [0, 0.1) is 0 Å². The number of halogens is 1. The molecule has 1 unspecified atom stereocenters. The van der Waals surface area contributed by atoms with Gasteiger partial charge in [0, 0.05) is 51.0 Å². The second-order valence-corrected chi connectivity index (χ2v) is 8.26. The van der Waals surface area contributed by atoms with Gasteiger partial charge in [0.2, 0.25) is 0 Å². The molecular weight excluding hydrogens is 513 g/mol. The molecule has 2 fully saturated rings. The molecule has 32 heavy (non-hydrogen) atoms. The molecule has 0 aromatic heterocycles. The van der Waals surface area contributed by atoms with Gasteiger partial charge in [0.15, 0.2) is 5.96 Å². The Kier molecular flexibility index (Phi) is 10.1. The second-order valence-electron chi connectivity index (χ2n) is 8.26. The molecule has 2 aliphatic heterocycles. The average Bonchev–Trinajstić information content (AvgIpc) is 3.28. The van der Waals surface area contributed by atoms with E-state index in [4.69, 9.17) is 9.73 Å². The summed E-state index contributed by atoms with van der Waals surface area (Å²) in [6.07, 6.45) is 1.12. The van der Waals surface area contributed by atoms with Crippen molar-refractivity contribution in [2.45, 2.75) is 32.5 Å². The van der Waals surface area contributed by atoms with Crippen LogP contribution in [0.1, 0.15) is 24.5 Å². The number of anilines is 1. The molecule has 174 valence electrons. The number of benzene rings is 2. The minimum absolute atomic E-state index is 0. The van der Waals surface area contributed by atoms with Crippen LogP contribution in [0.4, 0.5) is 5.69 Å². The molecule has 2 N–H and O–H groups in total. The molecule has 6 nitrogen and oxygen atoms in total. The van der Waals surface area contributed by atoms with Gasteiger partial charge in [-0.25, -0.2) is 4.99 Å². The number of nitrogens with zero attached hydrogens (tertiary/aromatic N) is 3. The van der Waals surface area contributed by atoms with E-state index < -0.39 is 0 Å². The smallest absolute Gasteiger partial charge is 0.191 e. The zero-order chi connectivity index (χ0) is 21.3. The molecule has 2 aliphatic rings. The summed E-state index contributed by atoms with van der Waals surface area (Å²) >= 11 is 0. The summed E-state index contributed by atoms with van der Waals surface area (Å²) in [4.78, 5) is 9.84. The van der Waals surface area contributed by atoms with E-state index in [1.54, 1.807) is 0 Å². The minimum Gasteiger partial charge on any atom is -0.379 e. The van der Waals surface area contributed by atoms with Crippen LogP contribution in [0.15, 0.2) is 59.6 Å². The third kappa shape index (κ3) is 7.08. The first-order valence-corrected chi connectivity index (χ1v) is 11.5. The quantitative estimate of drug-likeness (QED) is 0.315. The van der Waals surface area contributed by atoms with E-state index in [-0.39, 0.29) is 24.0 Å². The number of hydrogen-bond donors (Lipinski definition) is 2. The van der Waals surface area contributed by atoms with Crippen molar-refractivity contribution >= 4 is 35.6 Å². The number of hydrogen-bond acceptors (Lipinski definition) is 4. The summed E-state index contributed by atoms with van der Waals surface area (Å²) in [7, 11) is 0. The summed E-state index contributed by atoms with van der Waals surface area (Å²) in [5.41, 5.74) is 3.95. The first-order chi connectivity index (χ1) is 15.3. The van der Waals surface area contributed by atoms with Crippen LogP contribution in [-0.2, 0) is 17.8 Å². The molecule has 0 amide bonds. The molecule has 2 aromatic carbocycles. The van der Waals surface area contributed by atoms with Crippen molar-refractivity contribution in [1.29, 1.82) is 0 Å². The van der Waals surface area contributed by atoms with Crippen LogP contribution in [0.5, 0.6) is 0 Å². The Morgan fingerprint density at radius 2 is 1.72 bits per heavy atom. The van der Waals surface area contributed by atoms with Gasteiger partial charge in [0.1, 0.15) is 0 Å². The standard InChI is InChI=1S/C25H35N5O.HI/c1-2-26-25(28-23-12-13-30(20-23)24-10-4-3-5-11-24)27-18-21-8-6-7-9-22(21)19-29-14-16-31-17-15-29;/h3-11,23H,2,12-20H2,1H3,(H2,26,27,28);1H. The molecule has 0 radical (unpaired) electrons. The molecular formula is C25H36IN5O. The van der Waals surface area contributed by atoms with Crippen LogP contribution in [0.2, 0.25) is 0 Å². The van der Waals surface area contributed by atoms with E-state index in [9.17, 15) is 0 Å². The Morgan fingerprint density at radius 3 is 2.47 bits per heavy atom. The van der Waals surface area contributed by atoms with Crippen molar-refractivity contribution in [1.82, 2.24) is 15.5 Å². The van der Waals surface area contributed by atoms with E-state index in [0.717, 1.165) is 64.9 Å². The van der Waals surface area contributed by atoms with Crippen molar-refractivity contribution in [2.75, 3.05) is 50.8 Å². The predicted octanol–water partition coefficient (Wildman–Crippen LogP) is 3.47. The van der Waals surface area contributed by atoms with Gasteiger partial charge in [0.25, 0.3) is 0 Å². The van der Waals surface area contributed by atoms with Gasteiger partial charge in [-0.05, 0) is 36.6 Å². The largest absolute Gasteiger partial charge is 0.379 e. The van der Waals surface area contributed by atoms with Gasteiger partial charge in [-0.1, -0.05) is 42.5 Å². The second kappa shape index (κ2) is 13.0. The van der Waals surface area contributed by atoms with Crippen LogP contribution in [0.3, 0.4) is 0 Å². The molecule has 1 atom stereocenters. The van der Waals surface area contributed by atoms with Crippen molar-refractivity contribution in [3.63, 3.8) is 0 Å². The van der Waals surface area contributed by atoms with E-state index in [1.807, 2.05) is 0 Å². The van der Waals surface area contributed by atoms with Crippen LogP contribution >= 0.6 is 24.0 Å². The zero-order valence-corrected chi connectivity index (χ0v) is 21.3. The molecule has 0 bridgehead atoms. The highest BCUT2D eigenvalue weighted by Crippen LogP contribution is 2.20. The first-order valence-electron chi connectivity index (χ1n) is 11.5. The number of guanidine groups is 1. The van der Waals surface area contributed by atoms with Crippen molar-refractivity contribution in [2.24, 2.45) is 4.99 Å². The van der Waals surface area contributed by atoms with Gasteiger partial charge in [-0.2, -0.15) is 0 Å². The van der Waals surface area contributed by atoms with E-state index in [0.29, 0.717) is 12.6 Å². The third-order valence-corrected chi connectivity index (χ3v) is 6.02. The number of rotatable bonds is 7. The monoisotopic (exact) mass is 549 g/mol. The SMILES string of the molecule is CCNC(=NCc1ccccc1CN1CCOCC1)NC1CCN(c2ccccc2)C1.I. The number of aliphatic imine (C=N–C) groups is 1. The lowest BCUT2D eigenvalue weighted by Crippen LogP contribution is -2.44. The van der Waals surface area contributed by atoms with Gasteiger partial charge in [-0.3, -0.25) is 4.90 Å². The van der Waals surface area contributed by atoms with Crippen LogP contribution < -0.4 is 15.5 Å². The normalized spacial score (nSPS) is 19.5. The van der Waals surface area contributed by atoms with Gasteiger partial charge in [-0.15, -0.1) is 24.0 Å². The average molecular weight is 550 g/mol. The van der Waals surface area contributed by atoms with Crippen molar-refractivity contribution < 1.29 is 4.74 Å². The third-order valence-electron chi connectivity index (χ3n) is 6.02. The van der Waals surface area contributed by atoms with Gasteiger partial charge in [0.05, 0.1) is 19.8 Å². The van der Waals surface area contributed by atoms with Crippen molar-refractivity contribution in [3.05, 3.63) is 65.7 Å². The van der Waals surface area contributed by atoms with Crippen molar-refractivity contribution in [3.8, 4) is 0 Å². The number of para-hydroxylation sites is 1. The molecule has 2 aromatic rings. The molecule has 0 spiro atoms. The number of morpholine rings is 1.